The van der Waals surface area contributed by atoms with Gasteiger partial charge in [0.15, 0.2) is 0 Å². The molecule has 1 nitrogen and oxygen atoms in total. The van der Waals surface area contributed by atoms with Gasteiger partial charge in [-0.2, -0.15) is 0 Å². The summed E-state index contributed by atoms with van der Waals surface area (Å²) in [6.45, 7) is 8.50. The Morgan fingerprint density at radius 3 is 1.75 bits per heavy atom. The maximum absolute atomic E-state index is 5.39. The standard InChI is InChI=1S/C6H14ClN/c1-5(8-7)6(2,3)4/h5,8H,1-4H3/t5-/m1/s1. The molecule has 0 unspecified atom stereocenters. The largest absolute Gasteiger partial charge is 0.230 e. The molecule has 0 heterocycles. The predicted molar refractivity (Wildman–Crippen MR) is 37.9 cm³/mol. The Balaban J connectivity index is 3.62. The molecule has 0 bridgehead atoms. The number of halogens is 1. The van der Waals surface area contributed by atoms with Crippen LogP contribution in [0.15, 0.2) is 0 Å². The van der Waals surface area contributed by atoms with Gasteiger partial charge in [-0.05, 0) is 24.1 Å². The summed E-state index contributed by atoms with van der Waals surface area (Å²) in [5.74, 6) is 0. The quantitative estimate of drug-likeness (QED) is 0.544. The lowest BCUT2D eigenvalue weighted by atomic mass is 9.89. The van der Waals surface area contributed by atoms with Gasteiger partial charge in [-0.1, -0.05) is 20.8 Å². The summed E-state index contributed by atoms with van der Waals surface area (Å²) in [6.07, 6.45) is 0. The van der Waals surface area contributed by atoms with Crippen molar-refractivity contribution in [2.24, 2.45) is 5.41 Å². The van der Waals surface area contributed by atoms with E-state index in [-0.39, 0.29) is 5.41 Å². The van der Waals surface area contributed by atoms with Crippen molar-refractivity contribution in [1.29, 1.82) is 0 Å². The SMILES string of the molecule is C[C@@H](NCl)C(C)(C)C. The van der Waals surface area contributed by atoms with Crippen LogP contribution in [-0.4, -0.2) is 6.04 Å². The van der Waals surface area contributed by atoms with E-state index in [2.05, 4.69) is 32.5 Å². The van der Waals surface area contributed by atoms with E-state index in [1.54, 1.807) is 0 Å². The summed E-state index contributed by atoms with van der Waals surface area (Å²) in [6, 6.07) is 0.365. The molecule has 0 radical (unpaired) electrons. The van der Waals surface area contributed by atoms with Crippen LogP contribution in [0.5, 0.6) is 0 Å². The van der Waals surface area contributed by atoms with Gasteiger partial charge in [-0.15, -0.1) is 0 Å². The van der Waals surface area contributed by atoms with E-state index in [0.717, 1.165) is 0 Å². The van der Waals surface area contributed by atoms with E-state index >= 15 is 0 Å². The zero-order chi connectivity index (χ0) is 6.78. The van der Waals surface area contributed by atoms with E-state index in [0.29, 0.717) is 6.04 Å². The second kappa shape index (κ2) is 2.70. The summed E-state index contributed by atoms with van der Waals surface area (Å²) in [5.41, 5.74) is 0.266. The normalized spacial score (nSPS) is 16.1. The third kappa shape index (κ3) is 2.53. The second-order valence-electron chi connectivity index (χ2n) is 3.20. The highest BCUT2D eigenvalue weighted by molar-refractivity contribution is 6.13. The maximum atomic E-state index is 5.39. The zero-order valence-electron chi connectivity index (χ0n) is 5.96. The molecule has 0 aliphatic rings. The zero-order valence-corrected chi connectivity index (χ0v) is 6.71. The van der Waals surface area contributed by atoms with E-state index in [4.69, 9.17) is 11.8 Å². The molecule has 8 heavy (non-hydrogen) atoms. The fourth-order valence-electron chi connectivity index (χ4n) is 0.164. The molecule has 0 aliphatic carbocycles. The Hall–Kier alpha value is 0.250. The lowest BCUT2D eigenvalue weighted by Gasteiger charge is -2.24. The van der Waals surface area contributed by atoms with E-state index in [1.807, 2.05) is 0 Å². The molecular formula is C6H14ClN. The van der Waals surface area contributed by atoms with Crippen molar-refractivity contribution in [2.75, 3.05) is 0 Å². The van der Waals surface area contributed by atoms with Crippen molar-refractivity contribution in [2.45, 2.75) is 33.7 Å². The molecule has 0 aromatic rings. The van der Waals surface area contributed by atoms with Gasteiger partial charge in [-0.3, -0.25) is 0 Å². The van der Waals surface area contributed by atoms with Crippen LogP contribution in [0.4, 0.5) is 0 Å². The average molecular weight is 136 g/mol. The summed E-state index contributed by atoms with van der Waals surface area (Å²) in [7, 11) is 0. The lowest BCUT2D eigenvalue weighted by molar-refractivity contribution is 0.322. The number of nitrogens with one attached hydrogen (secondary N) is 1. The maximum Gasteiger partial charge on any atom is 0.0241 e. The molecule has 0 aromatic heterocycles. The van der Waals surface area contributed by atoms with Crippen LogP contribution < -0.4 is 4.84 Å². The van der Waals surface area contributed by atoms with Crippen LogP contribution in [0.25, 0.3) is 0 Å². The van der Waals surface area contributed by atoms with Crippen LogP contribution in [-0.2, 0) is 0 Å². The van der Waals surface area contributed by atoms with E-state index in [9.17, 15) is 0 Å². The van der Waals surface area contributed by atoms with Gasteiger partial charge in [0.1, 0.15) is 0 Å². The van der Waals surface area contributed by atoms with E-state index < -0.39 is 0 Å². The first kappa shape index (κ1) is 8.25. The number of hydrogen-bond donors (Lipinski definition) is 1. The fourth-order valence-corrected chi connectivity index (χ4v) is 0.491. The first-order valence-corrected chi connectivity index (χ1v) is 3.22. The summed E-state index contributed by atoms with van der Waals surface area (Å²) in [4.78, 5) is 2.68. The van der Waals surface area contributed by atoms with Gasteiger partial charge in [0.25, 0.3) is 0 Å². The monoisotopic (exact) mass is 135 g/mol. The highest BCUT2D eigenvalue weighted by Crippen LogP contribution is 2.18. The highest BCUT2D eigenvalue weighted by Gasteiger charge is 2.17. The fraction of sp³-hybridized carbons (Fsp3) is 1.00. The third-order valence-electron chi connectivity index (χ3n) is 1.46. The molecule has 50 valence electrons. The van der Waals surface area contributed by atoms with Crippen molar-refractivity contribution in [3.05, 3.63) is 0 Å². The van der Waals surface area contributed by atoms with Crippen LogP contribution in [0.1, 0.15) is 27.7 Å². The van der Waals surface area contributed by atoms with Gasteiger partial charge in [0.05, 0.1) is 0 Å². The third-order valence-corrected chi connectivity index (χ3v) is 1.79. The van der Waals surface area contributed by atoms with Crippen molar-refractivity contribution >= 4 is 11.8 Å². The molecule has 0 saturated heterocycles. The van der Waals surface area contributed by atoms with Gasteiger partial charge >= 0.3 is 0 Å². The molecule has 0 aromatic carbocycles. The molecule has 1 atom stereocenters. The molecule has 0 rings (SSSR count). The molecule has 0 spiro atoms. The lowest BCUT2D eigenvalue weighted by Crippen LogP contribution is -2.31. The molecule has 0 amide bonds. The summed E-state index contributed by atoms with van der Waals surface area (Å²) >= 11 is 5.39. The van der Waals surface area contributed by atoms with Crippen molar-refractivity contribution in [1.82, 2.24) is 4.84 Å². The Bertz CT molecular complexity index is 65.4. The van der Waals surface area contributed by atoms with Crippen molar-refractivity contribution < 1.29 is 0 Å². The van der Waals surface area contributed by atoms with Gasteiger partial charge < -0.3 is 0 Å². The van der Waals surface area contributed by atoms with E-state index in [1.165, 1.54) is 0 Å². The van der Waals surface area contributed by atoms with Crippen LogP contribution in [0, 0.1) is 5.41 Å². The number of rotatable bonds is 1. The first-order chi connectivity index (χ1) is 3.48. The minimum absolute atomic E-state index is 0.266. The van der Waals surface area contributed by atoms with Crippen LogP contribution >= 0.6 is 11.8 Å². The average Bonchev–Trinajstić information content (AvgIpc) is 1.62. The van der Waals surface area contributed by atoms with Gasteiger partial charge in [0.2, 0.25) is 0 Å². The smallest absolute Gasteiger partial charge is 0.0241 e. The Morgan fingerprint density at radius 1 is 1.38 bits per heavy atom. The molecular weight excluding hydrogens is 122 g/mol. The summed E-state index contributed by atoms with van der Waals surface area (Å²) < 4.78 is 0. The summed E-state index contributed by atoms with van der Waals surface area (Å²) in [5, 5.41) is 0. The Kier molecular flexibility index (Phi) is 2.78. The molecule has 1 N–H and O–H groups in total. The Labute approximate surface area is 56.5 Å². The topological polar surface area (TPSA) is 12.0 Å². The van der Waals surface area contributed by atoms with Gasteiger partial charge in [0, 0.05) is 6.04 Å². The number of hydrogen-bond acceptors (Lipinski definition) is 1. The molecule has 2 heteroatoms. The second-order valence-corrected chi connectivity index (χ2v) is 3.42. The minimum atomic E-state index is 0.266. The first-order valence-electron chi connectivity index (χ1n) is 2.84. The molecule has 0 aliphatic heterocycles. The van der Waals surface area contributed by atoms with Gasteiger partial charge in [-0.25, -0.2) is 4.84 Å². The molecule has 0 fully saturated rings. The predicted octanol–water partition coefficient (Wildman–Crippen LogP) is 2.16. The van der Waals surface area contributed by atoms with Crippen molar-refractivity contribution in [3.8, 4) is 0 Å². The minimum Gasteiger partial charge on any atom is -0.230 e. The van der Waals surface area contributed by atoms with Crippen molar-refractivity contribution in [3.63, 3.8) is 0 Å². The highest BCUT2D eigenvalue weighted by atomic mass is 35.5. The van der Waals surface area contributed by atoms with Crippen LogP contribution in [0.3, 0.4) is 0 Å². The Morgan fingerprint density at radius 2 is 1.75 bits per heavy atom. The van der Waals surface area contributed by atoms with Crippen LogP contribution in [0.2, 0.25) is 0 Å². The molecule has 0 saturated carbocycles.